The molecular weight excluding hydrogens is 318 g/mol. The number of pyridine rings is 1. The third-order valence-corrected chi connectivity index (χ3v) is 4.01. The van der Waals surface area contributed by atoms with Crippen molar-refractivity contribution in [2.45, 2.75) is 12.5 Å². The zero-order valence-electron chi connectivity index (χ0n) is 13.8. The van der Waals surface area contributed by atoms with Crippen molar-refractivity contribution in [3.8, 4) is 0 Å². The van der Waals surface area contributed by atoms with E-state index in [1.54, 1.807) is 18.3 Å². The van der Waals surface area contributed by atoms with Gasteiger partial charge in [0, 0.05) is 13.1 Å². The van der Waals surface area contributed by atoms with Gasteiger partial charge >= 0.3 is 0 Å². The molecule has 0 bridgehead atoms. The molecule has 7 heteroatoms. The highest BCUT2D eigenvalue weighted by atomic mass is 16.2. The lowest BCUT2D eigenvalue weighted by Gasteiger charge is -2.27. The number of anilines is 2. The number of nitrogens with zero attached hydrogens (tertiary/aromatic N) is 2. The molecule has 7 nitrogen and oxygen atoms in total. The Morgan fingerprint density at radius 1 is 1.28 bits per heavy atom. The van der Waals surface area contributed by atoms with Crippen molar-refractivity contribution in [2.24, 2.45) is 5.73 Å². The quantitative estimate of drug-likeness (QED) is 0.738. The third kappa shape index (κ3) is 4.54. The minimum Gasteiger partial charge on any atom is -0.353 e. The lowest BCUT2D eigenvalue weighted by atomic mass is 10.1. The number of piperazine rings is 1. The van der Waals surface area contributed by atoms with Gasteiger partial charge in [-0.15, -0.1) is 0 Å². The first-order valence-electron chi connectivity index (χ1n) is 8.20. The molecule has 1 saturated heterocycles. The van der Waals surface area contributed by atoms with E-state index in [1.807, 2.05) is 35.2 Å². The van der Waals surface area contributed by atoms with Crippen LogP contribution in [0.15, 0.2) is 48.7 Å². The van der Waals surface area contributed by atoms with E-state index in [0.29, 0.717) is 37.6 Å². The molecule has 1 aromatic heterocycles. The van der Waals surface area contributed by atoms with Gasteiger partial charge in [0.05, 0.1) is 24.5 Å². The van der Waals surface area contributed by atoms with Crippen LogP contribution < -0.4 is 21.3 Å². The van der Waals surface area contributed by atoms with Gasteiger partial charge in [-0.2, -0.15) is 0 Å². The van der Waals surface area contributed by atoms with Gasteiger partial charge in [0.2, 0.25) is 11.8 Å². The predicted molar refractivity (Wildman–Crippen MR) is 96.2 cm³/mol. The van der Waals surface area contributed by atoms with Crippen molar-refractivity contribution in [3.05, 3.63) is 54.2 Å². The molecular formula is C18H21N5O2. The van der Waals surface area contributed by atoms with E-state index in [2.05, 4.69) is 15.6 Å². The minimum atomic E-state index is -0.632. The highest BCUT2D eigenvalue weighted by Gasteiger charge is 2.18. The smallest absolute Gasteiger partial charge is 0.241 e. The number of carbonyl (C=O) groups is 2. The Labute approximate surface area is 146 Å². The van der Waals surface area contributed by atoms with Crippen LogP contribution in [-0.4, -0.2) is 42.5 Å². The van der Waals surface area contributed by atoms with Gasteiger partial charge in [0.15, 0.2) is 0 Å². The van der Waals surface area contributed by atoms with Gasteiger partial charge in [0.1, 0.15) is 5.82 Å². The fraction of sp³-hybridized carbons (Fsp3) is 0.278. The van der Waals surface area contributed by atoms with Crippen LogP contribution in [0.4, 0.5) is 11.5 Å². The van der Waals surface area contributed by atoms with Crippen LogP contribution in [0.2, 0.25) is 0 Å². The van der Waals surface area contributed by atoms with Crippen LogP contribution in [0.3, 0.4) is 0 Å². The molecule has 0 aliphatic carbocycles. The number of aromatic nitrogens is 1. The molecule has 0 spiro atoms. The number of rotatable bonds is 5. The van der Waals surface area contributed by atoms with Crippen molar-refractivity contribution in [3.63, 3.8) is 0 Å². The van der Waals surface area contributed by atoms with E-state index >= 15 is 0 Å². The van der Waals surface area contributed by atoms with Crippen molar-refractivity contribution >= 4 is 23.3 Å². The first-order valence-corrected chi connectivity index (χ1v) is 8.20. The second-order valence-corrected chi connectivity index (χ2v) is 5.96. The third-order valence-electron chi connectivity index (χ3n) is 4.01. The summed E-state index contributed by atoms with van der Waals surface area (Å²) in [6.45, 7) is 1.61. The van der Waals surface area contributed by atoms with Crippen molar-refractivity contribution in [1.82, 2.24) is 10.3 Å². The molecule has 130 valence electrons. The predicted octanol–water partition coefficient (Wildman–Crippen LogP) is 0.526. The number of amides is 2. The highest BCUT2D eigenvalue weighted by Crippen LogP contribution is 2.15. The van der Waals surface area contributed by atoms with E-state index in [-0.39, 0.29) is 11.8 Å². The number of nitrogens with two attached hydrogens (primary N) is 1. The molecule has 1 atom stereocenters. The molecule has 1 fully saturated rings. The maximum atomic E-state index is 12.2. The summed E-state index contributed by atoms with van der Waals surface area (Å²) in [6.07, 6.45) is 2.05. The van der Waals surface area contributed by atoms with Gasteiger partial charge in [-0.05, 0) is 24.1 Å². The van der Waals surface area contributed by atoms with Crippen molar-refractivity contribution in [1.29, 1.82) is 0 Å². The van der Waals surface area contributed by atoms with Crippen LogP contribution in [0.1, 0.15) is 5.56 Å². The number of carbonyl (C=O) groups excluding carboxylic acids is 2. The summed E-state index contributed by atoms with van der Waals surface area (Å²) in [4.78, 5) is 29.9. The molecule has 4 N–H and O–H groups in total. The van der Waals surface area contributed by atoms with Crippen LogP contribution in [0, 0.1) is 0 Å². The molecule has 2 aromatic rings. The van der Waals surface area contributed by atoms with Gasteiger partial charge in [-0.3, -0.25) is 9.59 Å². The van der Waals surface area contributed by atoms with Gasteiger partial charge in [-0.1, -0.05) is 30.3 Å². The van der Waals surface area contributed by atoms with E-state index in [0.717, 1.165) is 5.56 Å². The molecule has 0 radical (unpaired) electrons. The zero-order valence-corrected chi connectivity index (χ0v) is 13.8. The summed E-state index contributed by atoms with van der Waals surface area (Å²) >= 11 is 0. The lowest BCUT2D eigenvalue weighted by Crippen LogP contribution is -2.48. The van der Waals surface area contributed by atoms with Crippen LogP contribution in [0.5, 0.6) is 0 Å². The topological polar surface area (TPSA) is 100 Å². The molecule has 25 heavy (non-hydrogen) atoms. The number of hydrogen-bond donors (Lipinski definition) is 3. The van der Waals surface area contributed by atoms with Gasteiger partial charge < -0.3 is 21.3 Å². The summed E-state index contributed by atoms with van der Waals surface area (Å²) < 4.78 is 0. The Hall–Kier alpha value is -2.93. The van der Waals surface area contributed by atoms with E-state index in [9.17, 15) is 9.59 Å². The molecule has 2 amide bonds. The van der Waals surface area contributed by atoms with Gasteiger partial charge in [0.25, 0.3) is 0 Å². The molecule has 1 unspecified atom stereocenters. The first kappa shape index (κ1) is 16.9. The molecule has 1 aliphatic rings. The monoisotopic (exact) mass is 339 g/mol. The van der Waals surface area contributed by atoms with E-state index in [4.69, 9.17) is 5.73 Å². The van der Waals surface area contributed by atoms with Crippen molar-refractivity contribution in [2.75, 3.05) is 29.9 Å². The van der Waals surface area contributed by atoms with Crippen molar-refractivity contribution < 1.29 is 9.59 Å². The SMILES string of the molecule is NC(Cc1ccccc1)C(=O)Nc1ccc(N2CCNC(=O)C2)nc1. The van der Waals surface area contributed by atoms with E-state index in [1.165, 1.54) is 0 Å². The highest BCUT2D eigenvalue weighted by molar-refractivity contribution is 5.94. The van der Waals surface area contributed by atoms with E-state index < -0.39 is 6.04 Å². The minimum absolute atomic E-state index is 0.0164. The average molecular weight is 339 g/mol. The Bertz CT molecular complexity index is 733. The normalized spacial score (nSPS) is 15.4. The molecule has 2 heterocycles. The number of benzene rings is 1. The first-order chi connectivity index (χ1) is 12.1. The Morgan fingerprint density at radius 3 is 2.76 bits per heavy atom. The van der Waals surface area contributed by atoms with Crippen LogP contribution in [-0.2, 0) is 16.0 Å². The summed E-state index contributed by atoms with van der Waals surface area (Å²) in [7, 11) is 0. The second-order valence-electron chi connectivity index (χ2n) is 5.96. The number of nitrogens with one attached hydrogen (secondary N) is 2. The largest absolute Gasteiger partial charge is 0.353 e. The maximum Gasteiger partial charge on any atom is 0.241 e. The standard InChI is InChI=1S/C18H21N5O2/c19-15(10-13-4-2-1-3-5-13)18(25)22-14-6-7-16(21-11-14)23-9-8-20-17(24)12-23/h1-7,11,15H,8-10,12,19H2,(H,20,24)(H,22,25). The Morgan fingerprint density at radius 2 is 2.08 bits per heavy atom. The molecule has 1 aromatic carbocycles. The number of hydrogen-bond acceptors (Lipinski definition) is 5. The maximum absolute atomic E-state index is 12.2. The summed E-state index contributed by atoms with van der Waals surface area (Å²) in [6, 6.07) is 12.6. The Kier molecular flexibility index (Phi) is 5.25. The Balaban J connectivity index is 1.57. The summed E-state index contributed by atoms with van der Waals surface area (Å²) in [5.74, 6) is 0.439. The fourth-order valence-electron chi connectivity index (χ4n) is 2.68. The molecule has 0 saturated carbocycles. The average Bonchev–Trinajstić information content (AvgIpc) is 2.63. The summed E-state index contributed by atoms with van der Waals surface area (Å²) in [5, 5.41) is 5.55. The lowest BCUT2D eigenvalue weighted by molar-refractivity contribution is -0.120. The van der Waals surface area contributed by atoms with Crippen LogP contribution in [0.25, 0.3) is 0 Å². The summed E-state index contributed by atoms with van der Waals surface area (Å²) in [5.41, 5.74) is 7.57. The fourth-order valence-corrected chi connectivity index (χ4v) is 2.68. The molecule has 1 aliphatic heterocycles. The zero-order chi connectivity index (χ0) is 17.6. The van der Waals surface area contributed by atoms with Crippen LogP contribution >= 0.6 is 0 Å². The molecule has 3 rings (SSSR count). The van der Waals surface area contributed by atoms with Gasteiger partial charge in [-0.25, -0.2) is 4.98 Å². The second kappa shape index (κ2) is 7.76.